The van der Waals surface area contributed by atoms with Gasteiger partial charge in [-0.25, -0.2) is 0 Å². The van der Waals surface area contributed by atoms with Gasteiger partial charge in [0.05, 0.1) is 20.8 Å². The van der Waals surface area contributed by atoms with E-state index >= 15 is 0 Å². The van der Waals surface area contributed by atoms with E-state index in [0.29, 0.717) is 30.2 Å². The van der Waals surface area contributed by atoms with Crippen molar-refractivity contribution < 1.29 is 19.0 Å². The van der Waals surface area contributed by atoms with Gasteiger partial charge in [-0.15, -0.1) is 0 Å². The molecule has 6 nitrogen and oxygen atoms in total. The Hall–Kier alpha value is -3.51. The molecule has 0 aliphatic carbocycles. The maximum atomic E-state index is 13.9. The Balaban J connectivity index is 1.53. The zero-order chi connectivity index (χ0) is 25.3. The molecule has 6 heteroatoms. The van der Waals surface area contributed by atoms with Gasteiger partial charge in [-0.3, -0.25) is 9.69 Å². The van der Waals surface area contributed by atoms with Gasteiger partial charge in [0.25, 0.3) is 5.91 Å². The second-order valence-electron chi connectivity index (χ2n) is 9.10. The third-order valence-electron chi connectivity index (χ3n) is 6.69. The lowest BCUT2D eigenvalue weighted by atomic mass is 10.00. The minimum Gasteiger partial charge on any atom is -0.497 e. The van der Waals surface area contributed by atoms with E-state index in [0.717, 1.165) is 43.8 Å². The Morgan fingerprint density at radius 1 is 0.861 bits per heavy atom. The van der Waals surface area contributed by atoms with E-state index in [1.165, 1.54) is 5.56 Å². The van der Waals surface area contributed by atoms with Crippen LogP contribution in [-0.4, -0.2) is 55.7 Å². The van der Waals surface area contributed by atoms with Crippen molar-refractivity contribution in [2.24, 2.45) is 0 Å². The molecule has 0 spiro atoms. The summed E-state index contributed by atoms with van der Waals surface area (Å²) in [7, 11) is 3.20. The predicted octanol–water partition coefficient (Wildman–Crippen LogP) is 5.41. The molecule has 1 aliphatic rings. The molecule has 0 bridgehead atoms. The van der Waals surface area contributed by atoms with Crippen LogP contribution in [0.25, 0.3) is 0 Å². The number of piperidine rings is 1. The van der Waals surface area contributed by atoms with E-state index in [2.05, 4.69) is 29.2 Å². The quantitative estimate of drug-likeness (QED) is 0.382. The van der Waals surface area contributed by atoms with Gasteiger partial charge in [-0.1, -0.05) is 42.5 Å². The van der Waals surface area contributed by atoms with Crippen LogP contribution in [0.15, 0.2) is 72.8 Å². The van der Waals surface area contributed by atoms with Gasteiger partial charge >= 0.3 is 0 Å². The first-order valence-electron chi connectivity index (χ1n) is 12.6. The molecule has 190 valence electrons. The summed E-state index contributed by atoms with van der Waals surface area (Å²) in [5.41, 5.74) is 2.97. The molecule has 1 saturated heterocycles. The average Bonchev–Trinajstić information content (AvgIpc) is 2.93. The highest BCUT2D eigenvalue weighted by Crippen LogP contribution is 2.27. The van der Waals surface area contributed by atoms with Crippen LogP contribution >= 0.6 is 0 Å². The van der Waals surface area contributed by atoms with E-state index < -0.39 is 0 Å². The highest BCUT2D eigenvalue weighted by Gasteiger charge is 2.29. The van der Waals surface area contributed by atoms with Crippen molar-refractivity contribution in [2.45, 2.75) is 38.9 Å². The van der Waals surface area contributed by atoms with Crippen molar-refractivity contribution in [1.29, 1.82) is 0 Å². The lowest BCUT2D eigenvalue weighted by Crippen LogP contribution is -2.46. The third-order valence-corrected chi connectivity index (χ3v) is 6.69. The van der Waals surface area contributed by atoms with E-state index in [1.54, 1.807) is 32.4 Å². The van der Waals surface area contributed by atoms with Gasteiger partial charge in [-0.2, -0.15) is 0 Å². The second kappa shape index (κ2) is 12.5. The number of rotatable bonds is 10. The third kappa shape index (κ3) is 6.58. The van der Waals surface area contributed by atoms with E-state index in [1.807, 2.05) is 42.2 Å². The van der Waals surface area contributed by atoms with Crippen molar-refractivity contribution in [3.8, 4) is 17.2 Å². The van der Waals surface area contributed by atoms with Crippen molar-refractivity contribution in [2.75, 3.05) is 33.9 Å². The molecule has 1 amide bonds. The molecule has 0 unspecified atom stereocenters. The van der Waals surface area contributed by atoms with Crippen LogP contribution in [0.5, 0.6) is 17.2 Å². The maximum Gasteiger partial charge on any atom is 0.254 e. The number of methoxy groups -OCH3 is 2. The summed E-state index contributed by atoms with van der Waals surface area (Å²) in [4.78, 5) is 18.4. The molecule has 1 aliphatic heterocycles. The van der Waals surface area contributed by atoms with Crippen molar-refractivity contribution in [1.82, 2.24) is 9.80 Å². The Morgan fingerprint density at radius 2 is 1.50 bits per heavy atom. The average molecular weight is 489 g/mol. The maximum absolute atomic E-state index is 13.9. The summed E-state index contributed by atoms with van der Waals surface area (Å²) in [5.74, 6) is 2.04. The molecule has 0 N–H and O–H groups in total. The fourth-order valence-electron chi connectivity index (χ4n) is 4.75. The number of hydrogen-bond donors (Lipinski definition) is 0. The normalized spacial score (nSPS) is 14.3. The molecular formula is C30H36N2O4. The van der Waals surface area contributed by atoms with Crippen molar-refractivity contribution in [3.63, 3.8) is 0 Å². The number of nitrogens with zero attached hydrogens (tertiary/aromatic N) is 2. The molecule has 36 heavy (non-hydrogen) atoms. The zero-order valence-electron chi connectivity index (χ0n) is 21.5. The molecule has 4 rings (SSSR count). The highest BCUT2D eigenvalue weighted by atomic mass is 16.5. The van der Waals surface area contributed by atoms with Crippen molar-refractivity contribution >= 4 is 5.91 Å². The first kappa shape index (κ1) is 25.6. The number of amides is 1. The standard InChI is InChI=1S/C30H36N2O4/c1-4-36-27-12-10-24(11-13-27)22-32(30(33)25-18-28(34-2)20-29(19-25)35-3)26-14-16-31(17-15-26)21-23-8-6-5-7-9-23/h5-13,18-20,26H,4,14-17,21-22H2,1-3H3. The molecule has 0 saturated carbocycles. The summed E-state index contributed by atoms with van der Waals surface area (Å²) in [6.45, 7) is 5.98. The van der Waals surface area contributed by atoms with Gasteiger partial charge in [0.1, 0.15) is 17.2 Å². The SMILES string of the molecule is CCOc1ccc(CN(C(=O)c2cc(OC)cc(OC)c2)C2CCN(Cc3ccccc3)CC2)cc1. The van der Waals surface area contributed by atoms with E-state index in [4.69, 9.17) is 14.2 Å². The molecule has 1 fully saturated rings. The van der Waals surface area contributed by atoms with Gasteiger partial charge in [0.2, 0.25) is 0 Å². The Bertz CT molecular complexity index is 1090. The van der Waals surface area contributed by atoms with Crippen LogP contribution in [-0.2, 0) is 13.1 Å². The van der Waals surface area contributed by atoms with Crippen LogP contribution in [0.4, 0.5) is 0 Å². The summed E-state index contributed by atoms with van der Waals surface area (Å²) >= 11 is 0. The van der Waals surface area contributed by atoms with E-state index in [-0.39, 0.29) is 11.9 Å². The first-order chi connectivity index (χ1) is 17.6. The fourth-order valence-corrected chi connectivity index (χ4v) is 4.75. The van der Waals surface area contributed by atoms with Gasteiger partial charge < -0.3 is 19.1 Å². The minimum absolute atomic E-state index is 0.0115. The number of ether oxygens (including phenoxy) is 3. The van der Waals surface area contributed by atoms with Crippen LogP contribution in [0, 0.1) is 0 Å². The van der Waals surface area contributed by atoms with Gasteiger partial charge in [0, 0.05) is 43.9 Å². The smallest absolute Gasteiger partial charge is 0.254 e. The number of carbonyl (C=O) groups excluding carboxylic acids is 1. The number of hydrogen-bond acceptors (Lipinski definition) is 5. The zero-order valence-corrected chi connectivity index (χ0v) is 21.5. The number of benzene rings is 3. The van der Waals surface area contributed by atoms with Crippen LogP contribution < -0.4 is 14.2 Å². The lowest BCUT2D eigenvalue weighted by Gasteiger charge is -2.39. The predicted molar refractivity (Wildman–Crippen MR) is 142 cm³/mol. The Kier molecular flexibility index (Phi) is 8.85. The summed E-state index contributed by atoms with van der Waals surface area (Å²) < 4.78 is 16.4. The topological polar surface area (TPSA) is 51.2 Å². The lowest BCUT2D eigenvalue weighted by molar-refractivity contribution is 0.0542. The van der Waals surface area contributed by atoms with Gasteiger partial charge in [0.15, 0.2) is 0 Å². The molecule has 3 aromatic rings. The minimum atomic E-state index is -0.0115. The first-order valence-corrected chi connectivity index (χ1v) is 12.6. The largest absolute Gasteiger partial charge is 0.497 e. The fraction of sp³-hybridized carbons (Fsp3) is 0.367. The van der Waals surface area contributed by atoms with E-state index in [9.17, 15) is 4.79 Å². The Labute approximate surface area is 214 Å². The molecule has 3 aromatic carbocycles. The highest BCUT2D eigenvalue weighted by molar-refractivity contribution is 5.95. The van der Waals surface area contributed by atoms with Crippen LogP contribution in [0.3, 0.4) is 0 Å². The molecule has 0 atom stereocenters. The van der Waals surface area contributed by atoms with Gasteiger partial charge in [-0.05, 0) is 55.2 Å². The molecule has 1 heterocycles. The summed E-state index contributed by atoms with van der Waals surface area (Å²) in [6, 6.07) is 24.1. The number of likely N-dealkylation sites (tertiary alicyclic amines) is 1. The Morgan fingerprint density at radius 3 is 2.08 bits per heavy atom. The molecule has 0 radical (unpaired) electrons. The number of carbonyl (C=O) groups is 1. The van der Waals surface area contributed by atoms with Crippen molar-refractivity contribution in [3.05, 3.63) is 89.5 Å². The van der Waals surface area contributed by atoms with Crippen LogP contribution in [0.2, 0.25) is 0 Å². The summed E-state index contributed by atoms with van der Waals surface area (Å²) in [6.07, 6.45) is 1.85. The second-order valence-corrected chi connectivity index (χ2v) is 9.10. The molecule has 0 aromatic heterocycles. The van der Waals surface area contributed by atoms with Crippen LogP contribution in [0.1, 0.15) is 41.3 Å². The molecular weight excluding hydrogens is 452 g/mol. The monoisotopic (exact) mass is 488 g/mol. The summed E-state index contributed by atoms with van der Waals surface area (Å²) in [5, 5.41) is 0.